The number of nitrogens with one attached hydrogen (secondary N) is 2. The maximum Gasteiger partial charge on any atom is 0.251 e. The summed E-state index contributed by atoms with van der Waals surface area (Å²) in [4.78, 5) is 25.6. The SMILES string of the molecule is C=CCn1c(SCC(=O)Nc2ccccc2CC)nnc1[C@H](NC(=O)c1cccc(C)c1)C(C)C. The molecule has 0 bridgehead atoms. The first-order valence-corrected chi connectivity index (χ1v) is 12.7. The highest BCUT2D eigenvalue weighted by Gasteiger charge is 2.26. The van der Waals surface area contributed by atoms with Gasteiger partial charge in [-0.05, 0) is 43.0 Å². The van der Waals surface area contributed by atoms with Gasteiger partial charge >= 0.3 is 0 Å². The lowest BCUT2D eigenvalue weighted by molar-refractivity contribution is -0.113. The zero-order valence-electron chi connectivity index (χ0n) is 20.7. The van der Waals surface area contributed by atoms with Crippen LogP contribution in [0.2, 0.25) is 0 Å². The number of rotatable bonds is 11. The predicted molar refractivity (Wildman–Crippen MR) is 142 cm³/mol. The van der Waals surface area contributed by atoms with Crippen molar-refractivity contribution in [3.8, 4) is 0 Å². The summed E-state index contributed by atoms with van der Waals surface area (Å²) in [7, 11) is 0. The van der Waals surface area contributed by atoms with Gasteiger partial charge in [-0.15, -0.1) is 16.8 Å². The van der Waals surface area contributed by atoms with Gasteiger partial charge in [0.15, 0.2) is 11.0 Å². The highest BCUT2D eigenvalue weighted by molar-refractivity contribution is 7.99. The zero-order chi connectivity index (χ0) is 25.4. The summed E-state index contributed by atoms with van der Waals surface area (Å²) in [5.74, 6) is 0.626. The van der Waals surface area contributed by atoms with Gasteiger partial charge in [-0.1, -0.05) is 74.5 Å². The molecule has 1 heterocycles. The summed E-state index contributed by atoms with van der Waals surface area (Å²) in [6, 6.07) is 14.9. The van der Waals surface area contributed by atoms with E-state index in [2.05, 4.69) is 34.3 Å². The number of hydrogen-bond donors (Lipinski definition) is 2. The Kier molecular flexibility index (Phi) is 9.25. The molecule has 7 nitrogen and oxygen atoms in total. The van der Waals surface area contributed by atoms with Crippen molar-refractivity contribution < 1.29 is 9.59 Å². The third-order valence-electron chi connectivity index (χ3n) is 5.57. The van der Waals surface area contributed by atoms with Crippen molar-refractivity contribution in [2.24, 2.45) is 5.92 Å². The van der Waals surface area contributed by atoms with E-state index in [1.54, 1.807) is 12.1 Å². The molecule has 0 unspecified atom stereocenters. The van der Waals surface area contributed by atoms with Crippen molar-refractivity contribution in [1.29, 1.82) is 0 Å². The van der Waals surface area contributed by atoms with Crippen LogP contribution in [0.5, 0.6) is 0 Å². The number of carbonyl (C=O) groups excluding carboxylic acids is 2. The van der Waals surface area contributed by atoms with E-state index < -0.39 is 0 Å². The number of anilines is 1. The highest BCUT2D eigenvalue weighted by Crippen LogP contribution is 2.26. The minimum Gasteiger partial charge on any atom is -0.342 e. The number of benzene rings is 2. The van der Waals surface area contributed by atoms with Gasteiger partial charge in [0.05, 0.1) is 11.8 Å². The summed E-state index contributed by atoms with van der Waals surface area (Å²) in [5.41, 5.74) is 3.54. The molecule has 2 amide bonds. The Bertz CT molecular complexity index is 1190. The van der Waals surface area contributed by atoms with Crippen LogP contribution in [0.25, 0.3) is 0 Å². The van der Waals surface area contributed by atoms with Gasteiger partial charge in [0.25, 0.3) is 5.91 Å². The highest BCUT2D eigenvalue weighted by atomic mass is 32.2. The van der Waals surface area contributed by atoms with Crippen molar-refractivity contribution in [3.05, 3.63) is 83.7 Å². The van der Waals surface area contributed by atoms with Gasteiger partial charge in [-0.2, -0.15) is 0 Å². The number of hydrogen-bond acceptors (Lipinski definition) is 5. The van der Waals surface area contributed by atoms with E-state index in [1.807, 2.05) is 67.8 Å². The number of thioether (sulfide) groups is 1. The normalized spacial score (nSPS) is 11.8. The topological polar surface area (TPSA) is 88.9 Å². The largest absolute Gasteiger partial charge is 0.342 e. The van der Waals surface area contributed by atoms with Crippen LogP contribution in [0, 0.1) is 12.8 Å². The van der Waals surface area contributed by atoms with E-state index in [9.17, 15) is 9.59 Å². The van der Waals surface area contributed by atoms with E-state index in [0.29, 0.717) is 23.1 Å². The third-order valence-corrected chi connectivity index (χ3v) is 6.54. The standard InChI is InChI=1S/C27H33N5O2S/c1-6-15-32-25(24(18(3)4)29-26(34)21-13-10-11-19(5)16-21)30-31-27(32)35-17-23(33)28-22-14-9-8-12-20(22)7-2/h6,8-14,16,18,24H,1,7,15,17H2,2-5H3,(H,28,33)(H,29,34)/t24-/m1/s1. The molecule has 2 N–H and O–H groups in total. The van der Waals surface area contributed by atoms with Crippen LogP contribution in [0.1, 0.15) is 54.1 Å². The summed E-state index contributed by atoms with van der Waals surface area (Å²) in [6.07, 6.45) is 2.60. The lowest BCUT2D eigenvalue weighted by atomic mass is 10.0. The molecule has 0 aliphatic rings. The fourth-order valence-corrected chi connectivity index (χ4v) is 4.50. The second-order valence-electron chi connectivity index (χ2n) is 8.65. The molecule has 184 valence electrons. The third kappa shape index (κ3) is 6.82. The van der Waals surface area contributed by atoms with E-state index in [1.165, 1.54) is 11.8 Å². The van der Waals surface area contributed by atoms with Crippen molar-refractivity contribution in [2.75, 3.05) is 11.1 Å². The van der Waals surface area contributed by atoms with Crippen LogP contribution in [-0.2, 0) is 17.8 Å². The molecule has 3 rings (SSSR count). The van der Waals surface area contributed by atoms with Crippen molar-refractivity contribution >= 4 is 29.3 Å². The molecule has 2 aromatic carbocycles. The number of allylic oxidation sites excluding steroid dienone is 1. The van der Waals surface area contributed by atoms with Crippen LogP contribution in [-0.4, -0.2) is 32.3 Å². The minimum atomic E-state index is -0.352. The molecule has 0 aliphatic carbocycles. The molecule has 0 saturated heterocycles. The Morgan fingerprint density at radius 2 is 1.91 bits per heavy atom. The Morgan fingerprint density at radius 3 is 2.60 bits per heavy atom. The van der Waals surface area contributed by atoms with Crippen LogP contribution in [0.4, 0.5) is 5.69 Å². The first kappa shape index (κ1) is 26.2. The number of nitrogens with zero attached hydrogens (tertiary/aromatic N) is 3. The zero-order valence-corrected chi connectivity index (χ0v) is 21.6. The van der Waals surface area contributed by atoms with Crippen molar-refractivity contribution in [1.82, 2.24) is 20.1 Å². The first-order chi connectivity index (χ1) is 16.8. The predicted octanol–water partition coefficient (Wildman–Crippen LogP) is 5.19. The van der Waals surface area contributed by atoms with Gasteiger partial charge in [-0.25, -0.2) is 0 Å². The Balaban J connectivity index is 1.76. The Labute approximate surface area is 211 Å². The molecule has 1 aromatic heterocycles. The Morgan fingerprint density at radius 1 is 1.14 bits per heavy atom. The fourth-order valence-electron chi connectivity index (χ4n) is 3.74. The maximum absolute atomic E-state index is 13.0. The van der Waals surface area contributed by atoms with Gasteiger partial charge in [0.2, 0.25) is 5.91 Å². The summed E-state index contributed by atoms with van der Waals surface area (Å²) < 4.78 is 1.91. The molecule has 3 aromatic rings. The number of carbonyl (C=O) groups is 2. The molecule has 35 heavy (non-hydrogen) atoms. The molecule has 0 aliphatic heterocycles. The molecule has 0 spiro atoms. The molecule has 8 heteroatoms. The molecule has 0 fully saturated rings. The summed E-state index contributed by atoms with van der Waals surface area (Å²) >= 11 is 1.31. The summed E-state index contributed by atoms with van der Waals surface area (Å²) in [6.45, 7) is 12.4. The average molecular weight is 492 g/mol. The monoisotopic (exact) mass is 491 g/mol. The van der Waals surface area contributed by atoms with E-state index >= 15 is 0 Å². The van der Waals surface area contributed by atoms with Crippen LogP contribution in [0.15, 0.2) is 66.3 Å². The van der Waals surface area contributed by atoms with Crippen LogP contribution >= 0.6 is 11.8 Å². The van der Waals surface area contributed by atoms with Gasteiger partial charge < -0.3 is 15.2 Å². The number of aromatic nitrogens is 3. The number of amides is 2. The van der Waals surface area contributed by atoms with E-state index in [4.69, 9.17) is 0 Å². The van der Waals surface area contributed by atoms with Gasteiger partial charge in [0, 0.05) is 17.8 Å². The van der Waals surface area contributed by atoms with Gasteiger partial charge in [-0.3, -0.25) is 9.59 Å². The smallest absolute Gasteiger partial charge is 0.251 e. The minimum absolute atomic E-state index is 0.0724. The van der Waals surface area contributed by atoms with Crippen LogP contribution in [0.3, 0.4) is 0 Å². The lowest BCUT2D eigenvalue weighted by Crippen LogP contribution is -2.34. The first-order valence-electron chi connectivity index (χ1n) is 11.8. The maximum atomic E-state index is 13.0. The van der Waals surface area contributed by atoms with Gasteiger partial charge in [0.1, 0.15) is 0 Å². The molecular weight excluding hydrogens is 458 g/mol. The molecular formula is C27H33N5O2S. The average Bonchev–Trinajstić information content (AvgIpc) is 3.23. The van der Waals surface area contributed by atoms with Crippen molar-refractivity contribution in [3.63, 3.8) is 0 Å². The van der Waals surface area contributed by atoms with Crippen LogP contribution < -0.4 is 10.6 Å². The summed E-state index contributed by atoms with van der Waals surface area (Å²) in [5, 5.41) is 15.5. The molecule has 0 saturated carbocycles. The van der Waals surface area contributed by atoms with E-state index in [-0.39, 0.29) is 29.5 Å². The number of para-hydroxylation sites is 1. The number of aryl methyl sites for hydroxylation is 2. The lowest BCUT2D eigenvalue weighted by Gasteiger charge is -2.22. The molecule has 0 radical (unpaired) electrons. The second kappa shape index (κ2) is 12.4. The van der Waals surface area contributed by atoms with Crippen molar-refractivity contribution in [2.45, 2.75) is 51.9 Å². The van der Waals surface area contributed by atoms with E-state index in [0.717, 1.165) is 23.2 Å². The second-order valence-corrected chi connectivity index (χ2v) is 9.59. The Hall–Kier alpha value is -3.39. The molecule has 1 atom stereocenters. The fraction of sp³-hybridized carbons (Fsp3) is 0.333. The quantitative estimate of drug-likeness (QED) is 0.285.